The van der Waals surface area contributed by atoms with Crippen LogP contribution in [0.5, 0.6) is 0 Å². The van der Waals surface area contributed by atoms with Crippen LogP contribution in [-0.4, -0.2) is 26.6 Å². The van der Waals surface area contributed by atoms with Crippen LogP contribution in [0.3, 0.4) is 0 Å². The monoisotopic (exact) mass is 165 g/mol. The summed E-state index contributed by atoms with van der Waals surface area (Å²) in [5, 5.41) is 3.48. The van der Waals surface area contributed by atoms with Crippen LogP contribution in [0.4, 0.5) is 0 Å². The Balaban J connectivity index is 2.54. The molecule has 45 valence electrons. The highest BCUT2D eigenvalue weighted by Crippen LogP contribution is 1.81. The van der Waals surface area contributed by atoms with Gasteiger partial charge in [-0.15, -0.1) is 0 Å². The van der Waals surface area contributed by atoms with Crippen LogP contribution in [0.1, 0.15) is 0 Å². The first-order valence-corrected chi connectivity index (χ1v) is 12.9. The summed E-state index contributed by atoms with van der Waals surface area (Å²) >= 11 is 0. The molecule has 3 heteroatoms. The second-order valence-electron chi connectivity index (χ2n) is 2.53. The number of hydrogen-bond donors (Lipinski definition) is 0. The Morgan fingerprint density at radius 2 is 2.33 bits per heavy atom. The highest BCUT2D eigenvalue weighted by atomic mass is 29.5. The van der Waals surface area contributed by atoms with E-state index in [0.717, 1.165) is 0 Å². The lowest BCUT2D eigenvalue weighted by Gasteiger charge is -1.93. The highest BCUT2D eigenvalue weighted by Gasteiger charge is 2.09. The van der Waals surface area contributed by atoms with E-state index in [2.05, 4.69) is 24.3 Å². The number of hydrogen-bond acceptors (Lipinski definition) is 0. The van der Waals surface area contributed by atoms with E-state index in [1.807, 2.05) is 0 Å². The fourth-order valence-electron chi connectivity index (χ4n) is 1.43. The first-order chi connectivity index (χ1) is 4.47. The van der Waals surface area contributed by atoms with Crippen LogP contribution in [-0.2, 0) is 0 Å². The van der Waals surface area contributed by atoms with Gasteiger partial charge in [0.15, 0.2) is 0 Å². The van der Waals surface area contributed by atoms with Gasteiger partial charge in [0.1, 0.15) is 0 Å². The average molecular weight is 165 g/mol. The molecule has 0 bridgehead atoms. The Kier molecular flexibility index (Phi) is 1.41. The van der Waals surface area contributed by atoms with Gasteiger partial charge >= 0.3 is 0 Å². The zero-order valence-electron chi connectivity index (χ0n) is 5.35. The normalized spacial score (nSPS) is 23.6. The molecule has 0 saturated heterocycles. The summed E-state index contributed by atoms with van der Waals surface area (Å²) < 4.78 is 0. The van der Waals surface area contributed by atoms with Gasteiger partial charge in [-0.3, -0.25) is 0 Å². The van der Waals surface area contributed by atoms with Crippen molar-refractivity contribution in [1.29, 1.82) is 0 Å². The van der Waals surface area contributed by atoms with Crippen molar-refractivity contribution in [1.82, 2.24) is 0 Å². The Morgan fingerprint density at radius 1 is 1.33 bits per heavy atom. The van der Waals surface area contributed by atoms with Gasteiger partial charge in [0.05, 0.1) is 0 Å². The second kappa shape index (κ2) is 2.24. The quantitative estimate of drug-likeness (QED) is 0.362. The molecular weight excluding hydrogens is 156 g/mol. The molecule has 2 rings (SSSR count). The first kappa shape index (κ1) is 5.64. The van der Waals surface area contributed by atoms with Crippen molar-refractivity contribution < 1.29 is 0 Å². The van der Waals surface area contributed by atoms with Gasteiger partial charge in [0, 0.05) is 26.6 Å². The van der Waals surface area contributed by atoms with Gasteiger partial charge in [-0.1, -0.05) is 28.6 Å². The van der Waals surface area contributed by atoms with Gasteiger partial charge in [0.25, 0.3) is 0 Å². The van der Waals surface area contributed by atoms with Gasteiger partial charge < -0.3 is 0 Å². The summed E-state index contributed by atoms with van der Waals surface area (Å²) in [5.41, 5.74) is 0. The maximum atomic E-state index is 3.38. The van der Waals surface area contributed by atoms with Gasteiger partial charge in [-0.25, -0.2) is 0 Å². The Morgan fingerprint density at radius 3 is 3.22 bits per heavy atom. The molecule has 0 aliphatic carbocycles. The first-order valence-electron chi connectivity index (χ1n) is 3.45. The smallest absolute Gasteiger partial charge is 0.0402 e. The lowest BCUT2D eigenvalue weighted by Crippen LogP contribution is -2.24. The van der Waals surface area contributed by atoms with Crippen molar-refractivity contribution in [2.24, 2.45) is 0 Å². The second-order valence-corrected chi connectivity index (χ2v) is 17.2. The van der Waals surface area contributed by atoms with Crippen LogP contribution < -0.4 is 10.4 Å². The zero-order chi connectivity index (χ0) is 6.10. The minimum absolute atomic E-state index is 0.337. The summed E-state index contributed by atoms with van der Waals surface area (Å²) in [5.74, 6) is 0. The van der Waals surface area contributed by atoms with Crippen LogP contribution in [0.2, 0.25) is 0 Å². The molecular formula is C6H9Si3. The number of fused-ring (bicyclic) bond motifs is 1. The van der Waals surface area contributed by atoms with Crippen molar-refractivity contribution in [3.05, 3.63) is 24.3 Å². The van der Waals surface area contributed by atoms with Crippen LogP contribution in [0.25, 0.3) is 0 Å². The number of rotatable bonds is 0. The van der Waals surface area contributed by atoms with E-state index in [1.165, 1.54) is 0 Å². The summed E-state index contributed by atoms with van der Waals surface area (Å²) in [7, 11) is 1.23. The molecule has 1 radical (unpaired) electrons. The summed E-state index contributed by atoms with van der Waals surface area (Å²) in [6, 6.07) is 9.95. The SMILES string of the molecule is [c]1cccc2c1[SiH2][SiH2][SiH2]2. The molecule has 0 spiro atoms. The molecule has 0 unspecified atom stereocenters. The molecule has 1 aliphatic heterocycles. The standard InChI is InChI=1S/C6H9Si3/c1-2-4-6-5(3-1)7-9-8-6/h1-3H,7-9H2. The van der Waals surface area contributed by atoms with Gasteiger partial charge in [-0.2, -0.15) is 0 Å². The molecule has 0 nitrogen and oxygen atoms in total. The molecule has 1 heterocycles. The van der Waals surface area contributed by atoms with Crippen molar-refractivity contribution in [2.45, 2.75) is 0 Å². The molecule has 0 fully saturated rings. The van der Waals surface area contributed by atoms with Crippen molar-refractivity contribution in [3.8, 4) is 0 Å². The van der Waals surface area contributed by atoms with Crippen LogP contribution in [0.15, 0.2) is 18.2 Å². The molecule has 0 amide bonds. The molecule has 0 N–H and O–H groups in total. The van der Waals surface area contributed by atoms with Crippen molar-refractivity contribution >= 4 is 37.0 Å². The van der Waals surface area contributed by atoms with Gasteiger partial charge in [0.2, 0.25) is 0 Å². The Labute approximate surface area is 61.7 Å². The average Bonchev–Trinajstić information content (AvgIpc) is 2.33. The predicted molar refractivity (Wildman–Crippen MR) is 50.2 cm³/mol. The highest BCUT2D eigenvalue weighted by molar-refractivity contribution is 7.40. The Bertz CT molecular complexity index is 198. The number of benzene rings is 1. The third-order valence-electron chi connectivity index (χ3n) is 1.91. The maximum Gasteiger partial charge on any atom is 0.0402 e. The van der Waals surface area contributed by atoms with E-state index in [4.69, 9.17) is 0 Å². The fraction of sp³-hybridized carbons (Fsp3) is 0. The zero-order valence-corrected chi connectivity index (χ0v) is 9.60. The molecule has 0 aromatic heterocycles. The fourth-order valence-corrected chi connectivity index (χ4v) is 20.7. The van der Waals surface area contributed by atoms with E-state index in [-0.39, 0.29) is 0 Å². The van der Waals surface area contributed by atoms with E-state index < -0.39 is 0 Å². The summed E-state index contributed by atoms with van der Waals surface area (Å²) in [6.07, 6.45) is 0. The Hall–Kier alpha value is -0.129. The molecule has 9 heavy (non-hydrogen) atoms. The van der Waals surface area contributed by atoms with E-state index in [9.17, 15) is 0 Å². The molecule has 1 aromatic carbocycles. The third-order valence-corrected chi connectivity index (χ3v) is 17.1. The van der Waals surface area contributed by atoms with Crippen molar-refractivity contribution in [2.75, 3.05) is 0 Å². The molecule has 0 atom stereocenters. The van der Waals surface area contributed by atoms with Crippen LogP contribution >= 0.6 is 0 Å². The van der Waals surface area contributed by atoms with E-state index in [0.29, 0.717) is 26.6 Å². The minimum Gasteiger partial charge on any atom is -0.0715 e. The minimum atomic E-state index is 0.337. The molecule has 0 saturated carbocycles. The van der Waals surface area contributed by atoms with Crippen molar-refractivity contribution in [3.63, 3.8) is 0 Å². The lowest BCUT2D eigenvalue weighted by atomic mass is 10.4. The topological polar surface area (TPSA) is 0 Å². The third kappa shape index (κ3) is 0.953. The summed E-state index contributed by atoms with van der Waals surface area (Å²) in [4.78, 5) is 0. The predicted octanol–water partition coefficient (Wildman–Crippen LogP) is -2.91. The summed E-state index contributed by atoms with van der Waals surface area (Å²) in [6.45, 7) is 0. The lowest BCUT2D eigenvalue weighted by molar-refractivity contribution is 1.81. The maximum absolute atomic E-state index is 3.38. The molecule has 1 aromatic rings. The molecule has 1 aliphatic rings. The van der Waals surface area contributed by atoms with E-state index in [1.54, 1.807) is 10.4 Å². The largest absolute Gasteiger partial charge is 0.0715 e. The van der Waals surface area contributed by atoms with Gasteiger partial charge in [-0.05, 0) is 6.07 Å². The van der Waals surface area contributed by atoms with E-state index >= 15 is 0 Å². The van der Waals surface area contributed by atoms with Crippen LogP contribution in [0, 0.1) is 6.07 Å².